The SMILES string of the molecule is C#CC(C)c1ccc([N+](=O)[O-])cc1. The maximum absolute atomic E-state index is 10.3. The molecule has 0 heterocycles. The molecule has 1 aromatic rings. The molecule has 0 saturated heterocycles. The first kappa shape index (κ1) is 9.27. The van der Waals surface area contributed by atoms with Gasteiger partial charge in [-0.05, 0) is 12.5 Å². The number of terminal acetylenes is 1. The van der Waals surface area contributed by atoms with Crippen LogP contribution in [0.25, 0.3) is 0 Å². The molecule has 0 aliphatic carbocycles. The molecular formula is C10H9NO2. The molecule has 0 aliphatic rings. The van der Waals surface area contributed by atoms with Crippen LogP contribution in [0.3, 0.4) is 0 Å². The number of benzene rings is 1. The van der Waals surface area contributed by atoms with Crippen molar-refractivity contribution in [3.05, 3.63) is 39.9 Å². The Balaban J connectivity index is 2.95. The summed E-state index contributed by atoms with van der Waals surface area (Å²) in [6.07, 6.45) is 5.22. The number of nitrogens with zero attached hydrogens (tertiary/aromatic N) is 1. The van der Waals surface area contributed by atoms with E-state index in [1.807, 2.05) is 6.92 Å². The number of nitro benzene ring substituents is 1. The van der Waals surface area contributed by atoms with Gasteiger partial charge in [-0.15, -0.1) is 6.42 Å². The number of non-ortho nitro benzene ring substituents is 1. The van der Waals surface area contributed by atoms with Crippen molar-refractivity contribution in [1.82, 2.24) is 0 Å². The van der Waals surface area contributed by atoms with Crippen molar-refractivity contribution in [2.24, 2.45) is 0 Å². The van der Waals surface area contributed by atoms with Gasteiger partial charge in [-0.3, -0.25) is 10.1 Å². The third-order valence-corrected chi connectivity index (χ3v) is 1.85. The van der Waals surface area contributed by atoms with Gasteiger partial charge < -0.3 is 0 Å². The monoisotopic (exact) mass is 175 g/mol. The fourth-order valence-corrected chi connectivity index (χ4v) is 0.981. The quantitative estimate of drug-likeness (QED) is 0.393. The first-order chi connectivity index (χ1) is 6.15. The summed E-state index contributed by atoms with van der Waals surface area (Å²) in [5.74, 6) is 2.56. The summed E-state index contributed by atoms with van der Waals surface area (Å²) in [7, 11) is 0. The first-order valence-corrected chi connectivity index (χ1v) is 3.85. The van der Waals surface area contributed by atoms with Crippen LogP contribution >= 0.6 is 0 Å². The maximum atomic E-state index is 10.3. The summed E-state index contributed by atoms with van der Waals surface area (Å²) in [6, 6.07) is 6.29. The predicted octanol–water partition coefficient (Wildman–Crippen LogP) is 2.33. The van der Waals surface area contributed by atoms with E-state index in [0.717, 1.165) is 5.56 Å². The van der Waals surface area contributed by atoms with E-state index in [-0.39, 0.29) is 11.6 Å². The van der Waals surface area contributed by atoms with Crippen LogP contribution < -0.4 is 0 Å². The second-order valence-corrected chi connectivity index (χ2v) is 2.74. The van der Waals surface area contributed by atoms with Gasteiger partial charge in [-0.25, -0.2) is 0 Å². The van der Waals surface area contributed by atoms with E-state index >= 15 is 0 Å². The topological polar surface area (TPSA) is 43.1 Å². The molecule has 1 aromatic carbocycles. The van der Waals surface area contributed by atoms with Gasteiger partial charge in [0, 0.05) is 18.1 Å². The zero-order valence-electron chi connectivity index (χ0n) is 7.23. The van der Waals surface area contributed by atoms with Crippen LogP contribution in [0.4, 0.5) is 5.69 Å². The highest BCUT2D eigenvalue weighted by atomic mass is 16.6. The van der Waals surface area contributed by atoms with Crippen LogP contribution in [0.1, 0.15) is 18.4 Å². The lowest BCUT2D eigenvalue weighted by molar-refractivity contribution is -0.384. The smallest absolute Gasteiger partial charge is 0.258 e. The summed E-state index contributed by atoms with van der Waals surface area (Å²) in [5, 5.41) is 10.3. The van der Waals surface area contributed by atoms with Crippen LogP contribution in [0.15, 0.2) is 24.3 Å². The van der Waals surface area contributed by atoms with Crippen LogP contribution in [0, 0.1) is 22.5 Å². The zero-order valence-corrected chi connectivity index (χ0v) is 7.23. The highest BCUT2D eigenvalue weighted by molar-refractivity contribution is 5.36. The van der Waals surface area contributed by atoms with Gasteiger partial charge in [-0.2, -0.15) is 0 Å². The Bertz CT molecular complexity index is 348. The lowest BCUT2D eigenvalue weighted by atomic mass is 10.0. The van der Waals surface area contributed by atoms with Crippen molar-refractivity contribution in [3.63, 3.8) is 0 Å². The lowest BCUT2D eigenvalue weighted by Crippen LogP contribution is -1.91. The molecular weight excluding hydrogens is 166 g/mol. The number of hydrogen-bond donors (Lipinski definition) is 0. The zero-order chi connectivity index (χ0) is 9.84. The fourth-order valence-electron chi connectivity index (χ4n) is 0.981. The number of rotatable bonds is 2. The van der Waals surface area contributed by atoms with Gasteiger partial charge >= 0.3 is 0 Å². The summed E-state index contributed by atoms with van der Waals surface area (Å²) >= 11 is 0. The van der Waals surface area contributed by atoms with Crippen molar-refractivity contribution in [2.45, 2.75) is 12.8 Å². The molecule has 1 atom stereocenters. The second kappa shape index (κ2) is 3.72. The van der Waals surface area contributed by atoms with Gasteiger partial charge in [0.25, 0.3) is 5.69 Å². The largest absolute Gasteiger partial charge is 0.269 e. The van der Waals surface area contributed by atoms with E-state index in [4.69, 9.17) is 6.42 Å². The first-order valence-electron chi connectivity index (χ1n) is 3.85. The molecule has 0 aromatic heterocycles. The molecule has 0 N–H and O–H groups in total. The molecule has 1 rings (SSSR count). The van der Waals surface area contributed by atoms with Crippen molar-refractivity contribution in [2.75, 3.05) is 0 Å². The van der Waals surface area contributed by atoms with Crippen molar-refractivity contribution < 1.29 is 4.92 Å². The normalized spacial score (nSPS) is 11.7. The summed E-state index contributed by atoms with van der Waals surface area (Å²) in [4.78, 5) is 9.89. The fraction of sp³-hybridized carbons (Fsp3) is 0.200. The molecule has 0 saturated carbocycles. The van der Waals surface area contributed by atoms with Crippen LogP contribution in [-0.4, -0.2) is 4.92 Å². The standard InChI is InChI=1S/C10H9NO2/c1-3-8(2)9-4-6-10(7-5-9)11(12)13/h1,4-8H,2H3. The second-order valence-electron chi connectivity index (χ2n) is 2.74. The van der Waals surface area contributed by atoms with Crippen molar-refractivity contribution in [1.29, 1.82) is 0 Å². The Morgan fingerprint density at radius 3 is 2.38 bits per heavy atom. The molecule has 0 aliphatic heterocycles. The van der Waals surface area contributed by atoms with Crippen LogP contribution in [-0.2, 0) is 0 Å². The van der Waals surface area contributed by atoms with E-state index in [1.165, 1.54) is 12.1 Å². The van der Waals surface area contributed by atoms with E-state index in [0.29, 0.717) is 0 Å². The maximum Gasteiger partial charge on any atom is 0.269 e. The van der Waals surface area contributed by atoms with E-state index < -0.39 is 4.92 Å². The summed E-state index contributed by atoms with van der Waals surface area (Å²) < 4.78 is 0. The van der Waals surface area contributed by atoms with Gasteiger partial charge in [-0.1, -0.05) is 18.1 Å². The molecule has 0 fully saturated rings. The third-order valence-electron chi connectivity index (χ3n) is 1.85. The predicted molar refractivity (Wildman–Crippen MR) is 50.3 cm³/mol. The molecule has 0 radical (unpaired) electrons. The Labute approximate surface area is 76.5 Å². The minimum Gasteiger partial charge on any atom is -0.258 e. The Morgan fingerprint density at radius 1 is 1.46 bits per heavy atom. The summed E-state index contributed by atoms with van der Waals surface area (Å²) in [5.41, 5.74) is 1.01. The number of nitro groups is 1. The molecule has 0 spiro atoms. The lowest BCUT2D eigenvalue weighted by Gasteiger charge is -2.02. The molecule has 1 unspecified atom stereocenters. The summed E-state index contributed by atoms with van der Waals surface area (Å²) in [6.45, 7) is 1.88. The average molecular weight is 175 g/mol. The molecule has 3 heteroatoms. The van der Waals surface area contributed by atoms with Crippen molar-refractivity contribution in [3.8, 4) is 12.3 Å². The minimum atomic E-state index is -0.426. The van der Waals surface area contributed by atoms with Gasteiger partial charge in [0.05, 0.1) is 4.92 Å². The average Bonchev–Trinajstić information content (AvgIpc) is 2.17. The molecule has 13 heavy (non-hydrogen) atoms. The van der Waals surface area contributed by atoms with Crippen LogP contribution in [0.2, 0.25) is 0 Å². The molecule has 0 bridgehead atoms. The van der Waals surface area contributed by atoms with E-state index in [9.17, 15) is 10.1 Å². The molecule has 3 nitrogen and oxygen atoms in total. The third kappa shape index (κ3) is 2.06. The number of hydrogen-bond acceptors (Lipinski definition) is 2. The molecule has 66 valence electrons. The van der Waals surface area contributed by atoms with Gasteiger partial charge in [0.1, 0.15) is 0 Å². The van der Waals surface area contributed by atoms with E-state index in [2.05, 4.69) is 5.92 Å². The minimum absolute atomic E-state index is 0.000745. The highest BCUT2D eigenvalue weighted by Gasteiger charge is 2.06. The van der Waals surface area contributed by atoms with Crippen LogP contribution in [0.5, 0.6) is 0 Å². The Kier molecular flexibility index (Phi) is 2.65. The van der Waals surface area contributed by atoms with Crippen molar-refractivity contribution >= 4 is 5.69 Å². The van der Waals surface area contributed by atoms with E-state index in [1.54, 1.807) is 12.1 Å². The highest BCUT2D eigenvalue weighted by Crippen LogP contribution is 2.18. The Morgan fingerprint density at radius 2 is 2.00 bits per heavy atom. The molecule has 0 amide bonds. The van der Waals surface area contributed by atoms with Gasteiger partial charge in [0.15, 0.2) is 0 Å². The Hall–Kier alpha value is -1.82. The van der Waals surface area contributed by atoms with Gasteiger partial charge in [0.2, 0.25) is 0 Å².